The second-order valence-corrected chi connectivity index (χ2v) is 40.3. The van der Waals surface area contributed by atoms with Crippen molar-refractivity contribution in [1.82, 2.24) is 41.3 Å². The van der Waals surface area contributed by atoms with Crippen LogP contribution in [0.15, 0.2) is 163 Å². The lowest BCUT2D eigenvalue weighted by molar-refractivity contribution is -0.164. The monoisotopic (exact) mass is 1780 g/mol. The number of carbonyl (C=O) groups is 8. The van der Waals surface area contributed by atoms with E-state index in [2.05, 4.69) is 133 Å². The molecular weight excluding hydrogens is 1670 g/mol. The summed E-state index contributed by atoms with van der Waals surface area (Å²) in [7, 11) is -3.83. The number of amides is 8. The third-order valence-corrected chi connectivity index (χ3v) is 29.3. The van der Waals surface area contributed by atoms with Gasteiger partial charge in [-0.15, -0.1) is 0 Å². The molecule has 17 rings (SSSR count). The van der Waals surface area contributed by atoms with Crippen LogP contribution in [0.1, 0.15) is 187 Å². The van der Waals surface area contributed by atoms with Crippen molar-refractivity contribution < 1.29 is 69.9 Å². The summed E-state index contributed by atoms with van der Waals surface area (Å²) in [6, 6.07) is 42.8. The molecule has 6 fully saturated rings. The largest absolute Gasteiger partial charge is 0.489 e. The van der Waals surface area contributed by atoms with Crippen LogP contribution in [0.4, 0.5) is 11.4 Å². The Morgan fingerprint density at radius 2 is 1.00 bits per heavy atom. The van der Waals surface area contributed by atoms with Gasteiger partial charge in [-0.2, -0.15) is 8.42 Å². The summed E-state index contributed by atoms with van der Waals surface area (Å²) < 4.78 is 54.6. The summed E-state index contributed by atoms with van der Waals surface area (Å²) in [6.45, 7) is 41.0. The van der Waals surface area contributed by atoms with E-state index in [0.717, 1.165) is 105 Å². The quantitative estimate of drug-likeness (QED) is 0.0213. The SMILES string of the molecule is O=C1CCC(N2Cc3cc(C4=CCNCC4)ccc3C2=O)C(=O)N1.[C-]#[N+]c1ccc(OC2C(C)(C)C(NC(=O)c3ccc(CC4(CCN5CC=C(c6ccc7c(c6)CN(C6CCC(=O)NC6=O)C7=O)CC5)COC4)cc3)C2(C)C)cc1Cl.[C-]#[N+]c1ccc(OC2C(C)(C)C(NC(=O)c3ccc(CC4(CCOS(=O)(=O)c5ccc(C)cc5)COC4)cc3)C2(C)C)cc1Cl. The lowest BCUT2D eigenvalue weighted by atomic mass is 9.49. The Bertz CT molecular complexity index is 5740. The molecule has 2 aliphatic carbocycles. The number of piperidine rings is 2. The third kappa shape index (κ3) is 19.2. The fraction of sp³-hybridized carbons (Fsp3) is 0.434. The summed E-state index contributed by atoms with van der Waals surface area (Å²) in [6.07, 6.45) is 10.4. The Morgan fingerprint density at radius 1 is 0.551 bits per heavy atom. The van der Waals surface area contributed by atoms with Crippen LogP contribution >= 0.6 is 23.2 Å². The number of imide groups is 2. The average Bonchev–Trinajstić information content (AvgIpc) is 1.34. The molecule has 0 bridgehead atoms. The first kappa shape index (κ1) is 90.9. The van der Waals surface area contributed by atoms with Gasteiger partial charge in [0.15, 0.2) is 0 Å². The van der Waals surface area contributed by atoms with E-state index in [1.807, 2.05) is 67.6 Å². The van der Waals surface area contributed by atoms with Gasteiger partial charge in [0.05, 0.1) is 61.1 Å². The molecule has 2 saturated carbocycles. The van der Waals surface area contributed by atoms with E-state index in [1.54, 1.807) is 70.5 Å². The molecule has 4 saturated heterocycles. The van der Waals surface area contributed by atoms with Gasteiger partial charge in [-0.05, 0) is 201 Å². The van der Waals surface area contributed by atoms with E-state index in [4.69, 9.17) is 59.5 Å². The van der Waals surface area contributed by atoms with Crippen molar-refractivity contribution in [2.75, 3.05) is 65.8 Å². The topological polar surface area (TPSA) is 295 Å². The predicted molar refractivity (Wildman–Crippen MR) is 482 cm³/mol. The molecular formula is C99H108Cl2N10O15S. The highest BCUT2D eigenvalue weighted by molar-refractivity contribution is 7.86. The minimum absolute atomic E-state index is 0.0597. The molecule has 0 radical (unpaired) electrons. The number of nitrogens with one attached hydrogen (secondary N) is 5. The molecule has 10 aliphatic rings. The first-order valence-corrected chi connectivity index (χ1v) is 45.6. The number of hydrogen-bond donors (Lipinski definition) is 5. The maximum atomic E-state index is 13.5. The van der Waals surface area contributed by atoms with Crippen LogP contribution < -0.4 is 36.1 Å². The minimum atomic E-state index is -3.83. The van der Waals surface area contributed by atoms with Gasteiger partial charge in [-0.25, -0.2) is 9.69 Å². The Kier molecular flexibility index (Phi) is 26.2. The van der Waals surface area contributed by atoms with Gasteiger partial charge in [-0.3, -0.25) is 58.1 Å². The van der Waals surface area contributed by atoms with Crippen LogP contribution in [-0.4, -0.2) is 173 Å². The highest BCUT2D eigenvalue weighted by Gasteiger charge is 2.65. The van der Waals surface area contributed by atoms with E-state index in [-0.39, 0.29) is 122 Å². The van der Waals surface area contributed by atoms with Crippen molar-refractivity contribution in [2.24, 2.45) is 32.5 Å². The lowest BCUT2D eigenvalue weighted by Crippen LogP contribution is -2.74. The van der Waals surface area contributed by atoms with Crippen molar-refractivity contribution in [3.05, 3.63) is 252 Å². The molecule has 5 N–H and O–H groups in total. The molecule has 2 atom stereocenters. The van der Waals surface area contributed by atoms with Crippen LogP contribution in [0.3, 0.4) is 0 Å². The van der Waals surface area contributed by atoms with E-state index in [1.165, 1.54) is 16.7 Å². The molecule has 0 aromatic heterocycles. The van der Waals surface area contributed by atoms with Gasteiger partial charge in [0.1, 0.15) is 35.8 Å². The Morgan fingerprint density at radius 3 is 1.39 bits per heavy atom. The van der Waals surface area contributed by atoms with Gasteiger partial charge < -0.3 is 44.7 Å². The van der Waals surface area contributed by atoms with Gasteiger partial charge in [-0.1, -0.05) is 157 Å². The third-order valence-electron chi connectivity index (χ3n) is 27.3. The number of fused-ring (bicyclic) bond motifs is 2. The number of benzene rings is 7. The van der Waals surface area contributed by atoms with Crippen molar-refractivity contribution in [1.29, 1.82) is 0 Å². The fourth-order valence-electron chi connectivity index (χ4n) is 20.6. The maximum absolute atomic E-state index is 13.5. The van der Waals surface area contributed by atoms with Crippen LogP contribution in [0.5, 0.6) is 11.5 Å². The number of hydrogen-bond acceptors (Lipinski definition) is 17. The van der Waals surface area contributed by atoms with Crippen molar-refractivity contribution in [3.8, 4) is 11.5 Å². The Hall–Kier alpha value is -10.9. The van der Waals surface area contributed by atoms with Crippen LogP contribution in [0.25, 0.3) is 20.8 Å². The zero-order chi connectivity index (χ0) is 90.3. The summed E-state index contributed by atoms with van der Waals surface area (Å²) in [5, 5.41) is 15.2. The molecule has 664 valence electrons. The van der Waals surface area contributed by atoms with E-state index in [0.29, 0.717) is 107 Å². The summed E-state index contributed by atoms with van der Waals surface area (Å²) >= 11 is 12.5. The number of rotatable bonds is 24. The van der Waals surface area contributed by atoms with Crippen molar-refractivity contribution in [2.45, 2.75) is 181 Å². The molecule has 8 amide bonds. The lowest BCUT2D eigenvalue weighted by Gasteiger charge is -2.63. The standard InChI is InChI=1S/C46H50ClN5O6.C35H39ClN2O6S.C18H19N3O3/c1-44(2)42(45(3,4)43(44)58-33-11-13-36(48-5)35(47)23-33)50-39(54)30-8-6-28(7-9-30)24-46(26-57-27-46)18-21-51-19-16-29(17-20-51)31-10-12-34-32(22-31)25-52(41(34)56)37-14-15-38(53)49-40(37)55;1-23-7-14-27(15-8-23)45(40,41)43-18-17-35(21-42-22-35)20-24-9-11-25(12-10-24)30(39)38-31-33(2,3)32(34(31,4)5)44-26-13-16-29(37-6)28(36)19-26;22-16-4-3-15(17(23)20-16)21-10-13-9-12(1-2-14(13)18(21)24)11-5-7-19-8-6-11/h6-13,16,22-23,37,42-43H,14-15,17-21,24-27H2,1-4H3,(H,50,54)(H,49,53,55);7-16,19,31-32H,17-18,20-22H2,1-5H3,(H,38,39);1-2,5,9,15,19H,3-4,6-8,10H2,(H,20,22,23). The number of halogens is 2. The number of nitrogens with zero attached hydrogens (tertiary/aromatic N) is 5. The molecule has 8 aliphatic heterocycles. The smallest absolute Gasteiger partial charge is 0.296 e. The zero-order valence-corrected chi connectivity index (χ0v) is 75.4. The first-order chi connectivity index (χ1) is 60.5. The van der Waals surface area contributed by atoms with Gasteiger partial charge >= 0.3 is 0 Å². The molecule has 2 unspecified atom stereocenters. The van der Waals surface area contributed by atoms with Gasteiger partial charge in [0, 0.05) is 112 Å². The molecule has 25 nitrogen and oxygen atoms in total. The summed E-state index contributed by atoms with van der Waals surface area (Å²) in [4.78, 5) is 113. The molecule has 7 aromatic rings. The van der Waals surface area contributed by atoms with Crippen LogP contribution in [0.2, 0.25) is 10.0 Å². The molecule has 0 spiro atoms. The second-order valence-electron chi connectivity index (χ2n) is 37.9. The van der Waals surface area contributed by atoms with Gasteiger partial charge in [0.2, 0.25) is 35.0 Å². The van der Waals surface area contributed by atoms with Crippen LogP contribution in [0, 0.1) is 52.6 Å². The summed E-state index contributed by atoms with van der Waals surface area (Å²) in [5.74, 6) is -0.652. The highest BCUT2D eigenvalue weighted by Crippen LogP contribution is 2.58. The second kappa shape index (κ2) is 36.7. The number of carbonyl (C=O) groups excluding carboxylic acids is 8. The van der Waals surface area contributed by atoms with E-state index in [9.17, 15) is 46.8 Å². The fourth-order valence-corrected chi connectivity index (χ4v) is 21.9. The number of aryl methyl sites for hydroxylation is 1. The van der Waals surface area contributed by atoms with Crippen molar-refractivity contribution in [3.63, 3.8) is 0 Å². The molecule has 127 heavy (non-hydrogen) atoms. The number of ether oxygens (including phenoxy) is 4. The predicted octanol–water partition coefficient (Wildman–Crippen LogP) is 15.0. The summed E-state index contributed by atoms with van der Waals surface area (Å²) in [5.41, 5.74) is 11.6. The molecule has 28 heteroatoms. The highest BCUT2D eigenvalue weighted by atomic mass is 35.5. The maximum Gasteiger partial charge on any atom is 0.296 e. The molecule has 8 heterocycles. The Labute approximate surface area is 752 Å². The van der Waals surface area contributed by atoms with Crippen LogP contribution in [-0.2, 0) is 68.9 Å². The van der Waals surface area contributed by atoms with E-state index < -0.39 is 28.1 Å². The van der Waals surface area contributed by atoms with Crippen molar-refractivity contribution >= 4 is 103 Å². The van der Waals surface area contributed by atoms with E-state index >= 15 is 0 Å². The average molecular weight is 1780 g/mol. The Balaban J connectivity index is 0.000000159. The minimum Gasteiger partial charge on any atom is -0.489 e. The first-order valence-electron chi connectivity index (χ1n) is 43.4. The molecule has 7 aromatic carbocycles. The zero-order valence-electron chi connectivity index (χ0n) is 73.1. The normalized spacial score (nSPS) is 23.1. The van der Waals surface area contributed by atoms with Gasteiger partial charge in [0.25, 0.3) is 33.7 Å².